The Bertz CT molecular complexity index is 621. The number of amides is 1. The first-order valence-electron chi connectivity index (χ1n) is 6.37. The third-order valence-electron chi connectivity index (χ3n) is 3.18. The predicted molar refractivity (Wildman–Crippen MR) is 79.5 cm³/mol. The van der Waals surface area contributed by atoms with E-state index in [-0.39, 0.29) is 22.9 Å². The fourth-order valence-corrected chi connectivity index (χ4v) is 1.98. The molecule has 0 saturated heterocycles. The van der Waals surface area contributed by atoms with Crippen LogP contribution in [0.3, 0.4) is 0 Å². The predicted octanol–water partition coefficient (Wildman–Crippen LogP) is 2.56. The lowest BCUT2D eigenvalue weighted by atomic mass is 10.1. The van der Waals surface area contributed by atoms with Gasteiger partial charge in [0.2, 0.25) is 0 Å². The van der Waals surface area contributed by atoms with Crippen LogP contribution in [0, 0.1) is 6.92 Å². The summed E-state index contributed by atoms with van der Waals surface area (Å²) in [6, 6.07) is 12.8. The molecular formula is C16H18N2O2. The van der Waals surface area contributed by atoms with Crippen molar-refractivity contribution < 1.29 is 9.90 Å². The van der Waals surface area contributed by atoms with Gasteiger partial charge in [0.1, 0.15) is 0 Å². The van der Waals surface area contributed by atoms with Crippen LogP contribution in [0.15, 0.2) is 42.5 Å². The molecule has 0 radical (unpaired) electrons. The molecule has 0 aliphatic rings. The van der Waals surface area contributed by atoms with Gasteiger partial charge in [-0.25, -0.2) is 0 Å². The van der Waals surface area contributed by atoms with Crippen LogP contribution in [0.1, 0.15) is 21.5 Å². The second kappa shape index (κ2) is 5.65. The number of phenolic OH excluding ortho intramolecular Hbond substituents is 1. The average molecular weight is 270 g/mol. The van der Waals surface area contributed by atoms with Crippen LogP contribution in [0.5, 0.6) is 5.75 Å². The molecule has 3 N–H and O–H groups in total. The van der Waals surface area contributed by atoms with Crippen molar-refractivity contribution in [2.45, 2.75) is 13.5 Å². The van der Waals surface area contributed by atoms with Crippen molar-refractivity contribution in [3.05, 3.63) is 59.2 Å². The molecule has 0 fully saturated rings. The zero-order valence-electron chi connectivity index (χ0n) is 11.6. The van der Waals surface area contributed by atoms with Gasteiger partial charge in [-0.3, -0.25) is 4.79 Å². The molecule has 0 saturated carbocycles. The molecule has 0 aliphatic carbocycles. The molecular weight excluding hydrogens is 252 g/mol. The average Bonchev–Trinajstić information content (AvgIpc) is 2.43. The number of rotatable bonds is 3. The maximum absolute atomic E-state index is 12.3. The topological polar surface area (TPSA) is 66.6 Å². The van der Waals surface area contributed by atoms with E-state index >= 15 is 0 Å². The molecule has 1 amide bonds. The Morgan fingerprint density at radius 2 is 1.85 bits per heavy atom. The number of carbonyl (C=O) groups excluding carboxylic acids is 1. The first-order chi connectivity index (χ1) is 9.49. The highest BCUT2D eigenvalue weighted by Crippen LogP contribution is 2.25. The van der Waals surface area contributed by atoms with E-state index in [0.29, 0.717) is 6.54 Å². The quantitative estimate of drug-likeness (QED) is 0.665. The first-order valence-corrected chi connectivity index (χ1v) is 6.37. The normalized spacial score (nSPS) is 10.3. The lowest BCUT2D eigenvalue weighted by molar-refractivity contribution is 0.0782. The minimum atomic E-state index is -0.254. The fraction of sp³-hybridized carbons (Fsp3) is 0.188. The summed E-state index contributed by atoms with van der Waals surface area (Å²) in [5, 5.41) is 9.85. The number of carbonyl (C=O) groups is 1. The van der Waals surface area contributed by atoms with Crippen molar-refractivity contribution >= 4 is 11.6 Å². The van der Waals surface area contributed by atoms with E-state index in [2.05, 4.69) is 0 Å². The molecule has 4 nitrogen and oxygen atoms in total. The van der Waals surface area contributed by atoms with E-state index in [1.54, 1.807) is 30.1 Å². The number of aryl methyl sites for hydroxylation is 1. The van der Waals surface area contributed by atoms with Gasteiger partial charge >= 0.3 is 0 Å². The summed E-state index contributed by atoms with van der Waals surface area (Å²) in [7, 11) is 1.70. The number of nitrogen functional groups attached to an aromatic ring is 1. The van der Waals surface area contributed by atoms with Crippen LogP contribution in [-0.4, -0.2) is 23.0 Å². The highest BCUT2D eigenvalue weighted by Gasteiger charge is 2.17. The first kappa shape index (κ1) is 13.9. The number of para-hydroxylation sites is 1. The smallest absolute Gasteiger partial charge is 0.257 e. The lowest BCUT2D eigenvalue weighted by Gasteiger charge is -2.18. The van der Waals surface area contributed by atoms with Crippen LogP contribution in [0.2, 0.25) is 0 Å². The van der Waals surface area contributed by atoms with Crippen molar-refractivity contribution in [3.63, 3.8) is 0 Å². The number of nitrogens with two attached hydrogens (primary N) is 1. The molecule has 0 heterocycles. The Hall–Kier alpha value is -2.49. The summed E-state index contributed by atoms with van der Waals surface area (Å²) in [4.78, 5) is 13.9. The lowest BCUT2D eigenvalue weighted by Crippen LogP contribution is -2.26. The maximum Gasteiger partial charge on any atom is 0.257 e. The van der Waals surface area contributed by atoms with Crippen LogP contribution < -0.4 is 5.73 Å². The molecule has 0 spiro atoms. The Morgan fingerprint density at radius 3 is 2.50 bits per heavy atom. The zero-order chi connectivity index (χ0) is 14.7. The SMILES string of the molecule is Cc1ccc(CN(C)C(=O)c2cccc(N)c2O)cc1. The number of benzene rings is 2. The van der Waals surface area contributed by atoms with E-state index in [1.165, 1.54) is 5.56 Å². The summed E-state index contributed by atoms with van der Waals surface area (Å²) in [5.41, 5.74) is 8.25. The van der Waals surface area contributed by atoms with Gasteiger partial charge in [0.15, 0.2) is 5.75 Å². The number of hydrogen-bond acceptors (Lipinski definition) is 3. The van der Waals surface area contributed by atoms with Gasteiger partial charge in [-0.2, -0.15) is 0 Å². The third kappa shape index (κ3) is 2.91. The van der Waals surface area contributed by atoms with Crippen molar-refractivity contribution in [1.29, 1.82) is 0 Å². The second-order valence-corrected chi connectivity index (χ2v) is 4.89. The van der Waals surface area contributed by atoms with Crippen molar-refractivity contribution in [2.24, 2.45) is 0 Å². The molecule has 0 aliphatic heterocycles. The molecule has 2 aromatic carbocycles. The van der Waals surface area contributed by atoms with Crippen molar-refractivity contribution in [1.82, 2.24) is 4.90 Å². The Morgan fingerprint density at radius 1 is 1.20 bits per heavy atom. The highest BCUT2D eigenvalue weighted by atomic mass is 16.3. The number of anilines is 1. The van der Waals surface area contributed by atoms with Crippen LogP contribution in [-0.2, 0) is 6.54 Å². The number of hydrogen-bond donors (Lipinski definition) is 2. The van der Waals surface area contributed by atoms with Gasteiger partial charge in [-0.05, 0) is 24.6 Å². The maximum atomic E-state index is 12.3. The molecule has 4 heteroatoms. The van der Waals surface area contributed by atoms with Gasteiger partial charge in [-0.15, -0.1) is 0 Å². The van der Waals surface area contributed by atoms with Crippen LogP contribution in [0.25, 0.3) is 0 Å². The number of nitrogens with zero attached hydrogens (tertiary/aromatic N) is 1. The standard InChI is InChI=1S/C16H18N2O2/c1-11-6-8-12(9-7-11)10-18(2)16(20)13-4-3-5-14(17)15(13)19/h3-9,19H,10,17H2,1-2H3. The van der Waals surface area contributed by atoms with Gasteiger partial charge in [0, 0.05) is 13.6 Å². The summed E-state index contributed by atoms with van der Waals surface area (Å²) >= 11 is 0. The monoisotopic (exact) mass is 270 g/mol. The van der Waals surface area contributed by atoms with E-state index in [0.717, 1.165) is 5.56 Å². The Kier molecular flexibility index (Phi) is 3.94. The fourth-order valence-electron chi connectivity index (χ4n) is 1.98. The molecule has 104 valence electrons. The molecule has 2 aromatic rings. The van der Waals surface area contributed by atoms with Gasteiger partial charge in [0.25, 0.3) is 5.91 Å². The minimum absolute atomic E-state index is 0.159. The highest BCUT2D eigenvalue weighted by molar-refractivity contribution is 5.98. The summed E-state index contributed by atoms with van der Waals surface area (Å²) < 4.78 is 0. The second-order valence-electron chi connectivity index (χ2n) is 4.89. The molecule has 0 unspecified atom stereocenters. The van der Waals surface area contributed by atoms with E-state index in [4.69, 9.17) is 5.73 Å². The minimum Gasteiger partial charge on any atom is -0.505 e. The van der Waals surface area contributed by atoms with Gasteiger partial charge in [-0.1, -0.05) is 35.9 Å². The Labute approximate surface area is 118 Å². The largest absolute Gasteiger partial charge is 0.505 e. The van der Waals surface area contributed by atoms with E-state index in [1.807, 2.05) is 31.2 Å². The van der Waals surface area contributed by atoms with Crippen LogP contribution >= 0.6 is 0 Å². The number of phenols is 1. The zero-order valence-corrected chi connectivity index (χ0v) is 11.6. The van der Waals surface area contributed by atoms with Crippen LogP contribution in [0.4, 0.5) is 5.69 Å². The van der Waals surface area contributed by atoms with E-state index in [9.17, 15) is 9.90 Å². The van der Waals surface area contributed by atoms with Gasteiger partial charge < -0.3 is 15.7 Å². The number of aromatic hydroxyl groups is 1. The third-order valence-corrected chi connectivity index (χ3v) is 3.18. The molecule has 0 atom stereocenters. The summed E-state index contributed by atoms with van der Waals surface area (Å²) in [6.45, 7) is 2.50. The van der Waals surface area contributed by atoms with E-state index < -0.39 is 0 Å². The molecule has 20 heavy (non-hydrogen) atoms. The molecule has 0 bridgehead atoms. The Balaban J connectivity index is 2.16. The summed E-state index contributed by atoms with van der Waals surface area (Å²) in [6.07, 6.45) is 0. The summed E-state index contributed by atoms with van der Waals surface area (Å²) in [5.74, 6) is -0.413. The molecule has 0 aromatic heterocycles. The molecule has 2 rings (SSSR count). The van der Waals surface area contributed by atoms with Crippen molar-refractivity contribution in [3.8, 4) is 5.75 Å². The van der Waals surface area contributed by atoms with Gasteiger partial charge in [0.05, 0.1) is 11.3 Å². The van der Waals surface area contributed by atoms with Crippen molar-refractivity contribution in [2.75, 3.05) is 12.8 Å².